The van der Waals surface area contributed by atoms with E-state index in [-0.39, 0.29) is 17.6 Å². The van der Waals surface area contributed by atoms with E-state index in [1.54, 1.807) is 24.3 Å². The lowest BCUT2D eigenvalue weighted by Crippen LogP contribution is -2.48. The highest BCUT2D eigenvalue weighted by Crippen LogP contribution is 2.51. The lowest BCUT2D eigenvalue weighted by Gasteiger charge is -2.43. The third-order valence-electron chi connectivity index (χ3n) is 5.22. The Kier molecular flexibility index (Phi) is 6.28. The monoisotopic (exact) mass is 414 g/mol. The van der Waals surface area contributed by atoms with Crippen molar-refractivity contribution >= 4 is 40.9 Å². The van der Waals surface area contributed by atoms with Gasteiger partial charge < -0.3 is 10.6 Å². The molecule has 8 heteroatoms. The van der Waals surface area contributed by atoms with Gasteiger partial charge in [0.05, 0.1) is 28.5 Å². The maximum atomic E-state index is 12.5. The molecule has 2 amide bonds. The van der Waals surface area contributed by atoms with Crippen LogP contribution in [0.25, 0.3) is 0 Å². The third kappa shape index (κ3) is 4.01. The van der Waals surface area contributed by atoms with Crippen LogP contribution >= 0.6 is 23.4 Å². The molecule has 1 spiro atoms. The molecule has 1 aromatic rings. The number of nitrogens with one attached hydrogen (secondary N) is 2. The normalized spacial score (nSPS) is 20.8. The van der Waals surface area contributed by atoms with Crippen molar-refractivity contribution in [3.05, 3.63) is 39.9 Å². The van der Waals surface area contributed by atoms with Crippen molar-refractivity contribution in [1.29, 1.82) is 10.5 Å². The highest BCUT2D eigenvalue weighted by atomic mass is 35.5. The van der Waals surface area contributed by atoms with Crippen LogP contribution in [0.3, 0.4) is 0 Å². The van der Waals surface area contributed by atoms with E-state index in [2.05, 4.69) is 22.8 Å². The summed E-state index contributed by atoms with van der Waals surface area (Å²) in [6, 6.07) is 11.1. The third-order valence-corrected chi connectivity index (χ3v) is 6.46. The van der Waals surface area contributed by atoms with Gasteiger partial charge >= 0.3 is 0 Å². The SMILES string of the molecule is N#CC1=C(SCC(=O)Nc2cccc(Cl)c2)NC(=O)[C@@H](C#N)C12CCCCC2. The van der Waals surface area contributed by atoms with Crippen LogP contribution in [-0.4, -0.2) is 17.6 Å². The van der Waals surface area contributed by atoms with Gasteiger partial charge in [0, 0.05) is 16.1 Å². The van der Waals surface area contributed by atoms with Crippen molar-refractivity contribution < 1.29 is 9.59 Å². The molecule has 6 nitrogen and oxygen atoms in total. The average Bonchev–Trinajstić information content (AvgIpc) is 2.67. The number of anilines is 1. The lowest BCUT2D eigenvalue weighted by molar-refractivity contribution is -0.126. The number of benzene rings is 1. The van der Waals surface area contributed by atoms with Gasteiger partial charge in [-0.25, -0.2) is 0 Å². The first-order valence-corrected chi connectivity index (χ1v) is 10.4. The fraction of sp³-hybridized carbons (Fsp3) is 0.400. The van der Waals surface area contributed by atoms with Gasteiger partial charge in [-0.2, -0.15) is 10.5 Å². The summed E-state index contributed by atoms with van der Waals surface area (Å²) in [7, 11) is 0. The predicted molar refractivity (Wildman–Crippen MR) is 108 cm³/mol. The van der Waals surface area contributed by atoms with Gasteiger partial charge in [0.15, 0.2) is 0 Å². The quantitative estimate of drug-likeness (QED) is 0.775. The van der Waals surface area contributed by atoms with Crippen LogP contribution in [0.4, 0.5) is 5.69 Å². The van der Waals surface area contributed by atoms with Gasteiger partial charge in [-0.3, -0.25) is 9.59 Å². The van der Waals surface area contributed by atoms with Gasteiger partial charge in [0.1, 0.15) is 5.92 Å². The fourth-order valence-electron chi connectivity index (χ4n) is 3.94. The highest BCUT2D eigenvalue weighted by molar-refractivity contribution is 8.03. The Bertz CT molecular complexity index is 910. The van der Waals surface area contributed by atoms with Crippen LogP contribution in [0.5, 0.6) is 0 Å². The first kappa shape index (κ1) is 20.3. The average molecular weight is 415 g/mol. The van der Waals surface area contributed by atoms with Crippen LogP contribution in [0, 0.1) is 34.0 Å². The Hall–Kier alpha value is -2.48. The van der Waals surface area contributed by atoms with E-state index in [0.717, 1.165) is 31.0 Å². The first-order chi connectivity index (χ1) is 13.5. The summed E-state index contributed by atoms with van der Waals surface area (Å²) >= 11 is 7.03. The number of rotatable bonds is 4. The van der Waals surface area contributed by atoms with E-state index in [4.69, 9.17) is 11.6 Å². The molecule has 1 heterocycles. The molecule has 2 aliphatic rings. The molecule has 2 N–H and O–H groups in total. The smallest absolute Gasteiger partial charge is 0.243 e. The Morgan fingerprint density at radius 1 is 1.32 bits per heavy atom. The van der Waals surface area contributed by atoms with Gasteiger partial charge in [-0.1, -0.05) is 48.7 Å². The van der Waals surface area contributed by atoms with Crippen LogP contribution < -0.4 is 10.6 Å². The first-order valence-electron chi connectivity index (χ1n) is 9.04. The number of nitriles is 2. The number of halogens is 1. The van der Waals surface area contributed by atoms with Crippen LogP contribution in [0.15, 0.2) is 34.9 Å². The molecule has 0 saturated heterocycles. The summed E-state index contributed by atoms with van der Waals surface area (Å²) in [5, 5.41) is 25.7. The summed E-state index contributed by atoms with van der Waals surface area (Å²) in [6.07, 6.45) is 4.07. The Morgan fingerprint density at radius 3 is 2.71 bits per heavy atom. The van der Waals surface area contributed by atoms with E-state index >= 15 is 0 Å². The van der Waals surface area contributed by atoms with E-state index in [0.29, 0.717) is 34.2 Å². The number of nitrogens with zero attached hydrogens (tertiary/aromatic N) is 2. The molecular formula is C20H19ClN4O2S. The summed E-state index contributed by atoms with van der Waals surface area (Å²) in [4.78, 5) is 24.8. The van der Waals surface area contributed by atoms with E-state index in [1.807, 2.05) is 0 Å². The molecule has 1 fully saturated rings. The molecule has 28 heavy (non-hydrogen) atoms. The summed E-state index contributed by atoms with van der Waals surface area (Å²) in [6.45, 7) is 0. The fourth-order valence-corrected chi connectivity index (χ4v) is 5.05. The highest BCUT2D eigenvalue weighted by Gasteiger charge is 2.51. The van der Waals surface area contributed by atoms with Crippen molar-refractivity contribution in [2.45, 2.75) is 32.1 Å². The zero-order chi connectivity index (χ0) is 20.1. The maximum absolute atomic E-state index is 12.5. The van der Waals surface area contributed by atoms with Crippen LogP contribution in [-0.2, 0) is 9.59 Å². The Morgan fingerprint density at radius 2 is 2.07 bits per heavy atom. The largest absolute Gasteiger partial charge is 0.325 e. The molecule has 1 saturated carbocycles. The molecule has 1 aliphatic heterocycles. The minimum atomic E-state index is -0.868. The summed E-state index contributed by atoms with van der Waals surface area (Å²) < 4.78 is 0. The second-order valence-corrected chi connectivity index (χ2v) is 8.35. The molecule has 144 valence electrons. The zero-order valence-corrected chi connectivity index (χ0v) is 16.7. The number of carbonyl (C=O) groups excluding carboxylic acids is 2. The molecule has 0 radical (unpaired) electrons. The number of hydrogen-bond donors (Lipinski definition) is 2. The summed E-state index contributed by atoms with van der Waals surface area (Å²) in [5.74, 6) is -1.50. The zero-order valence-electron chi connectivity index (χ0n) is 15.1. The van der Waals surface area contributed by atoms with Gasteiger partial charge in [-0.15, -0.1) is 0 Å². The van der Waals surface area contributed by atoms with Crippen molar-refractivity contribution in [1.82, 2.24) is 5.32 Å². The number of thioether (sulfide) groups is 1. The molecule has 1 aliphatic carbocycles. The second kappa shape index (κ2) is 8.68. The maximum Gasteiger partial charge on any atom is 0.243 e. The number of hydrogen-bond acceptors (Lipinski definition) is 5. The molecular weight excluding hydrogens is 396 g/mol. The number of carbonyl (C=O) groups is 2. The van der Waals surface area contributed by atoms with Crippen molar-refractivity contribution in [2.24, 2.45) is 11.3 Å². The van der Waals surface area contributed by atoms with Crippen molar-refractivity contribution in [3.8, 4) is 12.1 Å². The molecule has 0 bridgehead atoms. The molecule has 3 rings (SSSR count). The van der Waals surface area contributed by atoms with Gasteiger partial charge in [0.2, 0.25) is 11.8 Å². The standard InChI is InChI=1S/C20H19ClN4O2S/c21-13-5-4-6-14(9-13)24-17(26)12-28-19-16(11-23)20(7-2-1-3-8-20)15(10-22)18(27)25-19/h4-6,9,15H,1-3,7-8,12H2,(H,24,26)(H,25,27)/t15-/m1/s1. The Labute approximate surface area is 172 Å². The summed E-state index contributed by atoms with van der Waals surface area (Å²) in [5.41, 5.74) is 0.267. The molecule has 0 aromatic heterocycles. The van der Waals surface area contributed by atoms with Crippen LogP contribution in [0.2, 0.25) is 5.02 Å². The topological polar surface area (TPSA) is 106 Å². The van der Waals surface area contributed by atoms with E-state index < -0.39 is 11.3 Å². The lowest BCUT2D eigenvalue weighted by atomic mass is 9.61. The number of allylic oxidation sites excluding steroid dienone is 1. The molecule has 1 atom stereocenters. The van der Waals surface area contributed by atoms with Crippen molar-refractivity contribution in [2.75, 3.05) is 11.1 Å². The van der Waals surface area contributed by atoms with Gasteiger partial charge in [-0.05, 0) is 31.0 Å². The molecule has 1 aromatic carbocycles. The van der Waals surface area contributed by atoms with E-state index in [1.165, 1.54) is 0 Å². The minimum Gasteiger partial charge on any atom is -0.325 e. The van der Waals surface area contributed by atoms with Crippen LogP contribution in [0.1, 0.15) is 32.1 Å². The van der Waals surface area contributed by atoms with Gasteiger partial charge in [0.25, 0.3) is 0 Å². The predicted octanol–water partition coefficient (Wildman–Crippen LogP) is 3.97. The Balaban J connectivity index is 1.79. The minimum absolute atomic E-state index is 0.0284. The van der Waals surface area contributed by atoms with E-state index in [9.17, 15) is 20.1 Å². The van der Waals surface area contributed by atoms with Crippen molar-refractivity contribution in [3.63, 3.8) is 0 Å². The second-order valence-electron chi connectivity index (χ2n) is 6.93. The number of amides is 2. The molecule has 0 unspecified atom stereocenters.